The highest BCUT2D eigenvalue weighted by Gasteiger charge is 2.03. The van der Waals surface area contributed by atoms with Crippen molar-refractivity contribution in [3.8, 4) is 11.4 Å². The molecule has 0 aliphatic carbocycles. The van der Waals surface area contributed by atoms with Crippen molar-refractivity contribution in [2.45, 2.75) is 0 Å². The Morgan fingerprint density at radius 2 is 2.25 bits per heavy atom. The molecule has 12 heavy (non-hydrogen) atoms. The lowest BCUT2D eigenvalue weighted by Gasteiger charge is -1.94. The Bertz CT molecular complexity index is 367. The first-order valence-corrected chi connectivity index (χ1v) is 3.37. The monoisotopic (exact) mass is 162 g/mol. The quantitative estimate of drug-likeness (QED) is 0.574. The molecule has 0 aliphatic heterocycles. The average molecular weight is 162 g/mol. The van der Waals surface area contributed by atoms with Crippen LogP contribution in [0.15, 0.2) is 18.5 Å². The highest BCUT2D eigenvalue weighted by molar-refractivity contribution is 5.51. The van der Waals surface area contributed by atoms with Crippen molar-refractivity contribution in [1.82, 2.24) is 30.4 Å². The maximum Gasteiger partial charge on any atom is 0.183 e. The molecule has 0 unspecified atom stereocenters. The van der Waals surface area contributed by atoms with Gasteiger partial charge in [0.1, 0.15) is 0 Å². The van der Waals surface area contributed by atoms with Crippen molar-refractivity contribution in [2.24, 2.45) is 7.05 Å². The zero-order valence-corrected chi connectivity index (χ0v) is 6.42. The third-order valence-corrected chi connectivity index (χ3v) is 1.46. The van der Waals surface area contributed by atoms with Gasteiger partial charge in [-0.25, -0.2) is 4.68 Å². The first-order chi connectivity index (χ1) is 5.88. The van der Waals surface area contributed by atoms with E-state index >= 15 is 0 Å². The average Bonchev–Trinajstić information content (AvgIpc) is 2.53. The highest BCUT2D eigenvalue weighted by Crippen LogP contribution is 2.10. The van der Waals surface area contributed by atoms with Crippen molar-refractivity contribution >= 4 is 0 Å². The second-order valence-corrected chi connectivity index (χ2v) is 2.26. The maximum absolute atomic E-state index is 3.82. The van der Waals surface area contributed by atoms with Crippen LogP contribution in [-0.2, 0) is 7.05 Å². The fourth-order valence-electron chi connectivity index (χ4n) is 0.897. The number of aryl methyl sites for hydroxylation is 1. The number of rotatable bonds is 1. The zero-order chi connectivity index (χ0) is 8.39. The summed E-state index contributed by atoms with van der Waals surface area (Å²) in [6, 6.07) is 1.80. The molecule has 0 bridgehead atoms. The Morgan fingerprint density at radius 1 is 1.33 bits per heavy atom. The summed E-state index contributed by atoms with van der Waals surface area (Å²) in [7, 11) is 1.77. The minimum absolute atomic E-state index is 0.685. The Balaban J connectivity index is 2.51. The maximum atomic E-state index is 3.82. The van der Waals surface area contributed by atoms with Crippen molar-refractivity contribution < 1.29 is 0 Å². The molecule has 2 aromatic rings. The SMILES string of the molecule is Cn1nnnc1-c1ccnnc1. The van der Waals surface area contributed by atoms with Crippen molar-refractivity contribution in [3.63, 3.8) is 0 Å². The van der Waals surface area contributed by atoms with Gasteiger partial charge in [0.2, 0.25) is 0 Å². The standard InChI is InChI=1S/C6H6N6/c1-12-6(9-10-11-12)5-2-3-7-8-4-5/h2-4H,1H3. The summed E-state index contributed by atoms with van der Waals surface area (Å²) < 4.78 is 1.58. The Hall–Kier alpha value is -1.85. The molecule has 6 heteroatoms. The number of nitrogens with zero attached hydrogens (tertiary/aromatic N) is 6. The fourth-order valence-corrected chi connectivity index (χ4v) is 0.897. The van der Waals surface area contributed by atoms with Crippen LogP contribution in [0.5, 0.6) is 0 Å². The van der Waals surface area contributed by atoms with Gasteiger partial charge in [0.15, 0.2) is 5.82 Å². The highest BCUT2D eigenvalue weighted by atomic mass is 15.5. The predicted molar refractivity (Wildman–Crippen MR) is 39.8 cm³/mol. The van der Waals surface area contributed by atoms with Crippen molar-refractivity contribution in [2.75, 3.05) is 0 Å². The normalized spacial score (nSPS) is 10.1. The molecular formula is C6H6N6. The van der Waals surface area contributed by atoms with E-state index in [4.69, 9.17) is 0 Å². The molecule has 2 heterocycles. The van der Waals surface area contributed by atoms with E-state index < -0.39 is 0 Å². The molecule has 0 radical (unpaired) electrons. The molecule has 0 N–H and O–H groups in total. The number of hydrogen-bond donors (Lipinski definition) is 0. The van der Waals surface area contributed by atoms with Gasteiger partial charge in [-0.15, -0.1) is 5.10 Å². The van der Waals surface area contributed by atoms with E-state index in [-0.39, 0.29) is 0 Å². The van der Waals surface area contributed by atoms with E-state index in [0.717, 1.165) is 5.56 Å². The van der Waals surface area contributed by atoms with E-state index in [1.54, 1.807) is 30.2 Å². The topological polar surface area (TPSA) is 69.4 Å². The summed E-state index contributed by atoms with van der Waals surface area (Å²) in [6.45, 7) is 0. The minimum Gasteiger partial charge on any atom is -0.228 e. The third kappa shape index (κ3) is 1.03. The van der Waals surface area contributed by atoms with E-state index in [0.29, 0.717) is 5.82 Å². The fraction of sp³-hybridized carbons (Fsp3) is 0.167. The second kappa shape index (κ2) is 2.65. The summed E-state index contributed by atoms with van der Waals surface area (Å²) in [5.74, 6) is 0.685. The molecular weight excluding hydrogens is 156 g/mol. The second-order valence-electron chi connectivity index (χ2n) is 2.26. The van der Waals surface area contributed by atoms with Crippen LogP contribution in [0.4, 0.5) is 0 Å². The number of hydrogen-bond acceptors (Lipinski definition) is 5. The van der Waals surface area contributed by atoms with Gasteiger partial charge in [0, 0.05) is 12.6 Å². The molecule has 60 valence electrons. The molecule has 6 nitrogen and oxygen atoms in total. The van der Waals surface area contributed by atoms with Gasteiger partial charge in [-0.3, -0.25) is 0 Å². The molecule has 0 amide bonds. The summed E-state index contributed by atoms with van der Waals surface area (Å²) in [5, 5.41) is 18.4. The summed E-state index contributed by atoms with van der Waals surface area (Å²) in [5.41, 5.74) is 0.859. The Labute approximate surface area is 68.2 Å². The minimum atomic E-state index is 0.685. The molecule has 0 saturated heterocycles. The lowest BCUT2D eigenvalue weighted by molar-refractivity contribution is 0.714. The first kappa shape index (κ1) is 6.84. The van der Waals surface area contributed by atoms with Gasteiger partial charge in [-0.05, 0) is 16.5 Å². The third-order valence-electron chi connectivity index (χ3n) is 1.46. The van der Waals surface area contributed by atoms with Gasteiger partial charge in [-0.2, -0.15) is 10.2 Å². The van der Waals surface area contributed by atoms with Crippen LogP contribution >= 0.6 is 0 Å². The van der Waals surface area contributed by atoms with E-state index in [1.165, 1.54) is 0 Å². The van der Waals surface area contributed by atoms with Gasteiger partial charge in [0.05, 0.1) is 12.4 Å². The van der Waals surface area contributed by atoms with Crippen LogP contribution in [0.25, 0.3) is 11.4 Å². The molecule has 2 rings (SSSR count). The Morgan fingerprint density at radius 3 is 2.83 bits per heavy atom. The van der Waals surface area contributed by atoms with E-state index in [9.17, 15) is 0 Å². The van der Waals surface area contributed by atoms with Crippen LogP contribution in [0.1, 0.15) is 0 Å². The summed E-state index contributed by atoms with van der Waals surface area (Å²) >= 11 is 0. The molecule has 0 spiro atoms. The van der Waals surface area contributed by atoms with Crippen molar-refractivity contribution in [1.29, 1.82) is 0 Å². The number of tetrazole rings is 1. The molecule has 0 fully saturated rings. The van der Waals surface area contributed by atoms with Crippen LogP contribution in [0, 0.1) is 0 Å². The zero-order valence-electron chi connectivity index (χ0n) is 6.42. The smallest absolute Gasteiger partial charge is 0.183 e. The summed E-state index contributed by atoms with van der Waals surface area (Å²) in [4.78, 5) is 0. The van der Waals surface area contributed by atoms with Crippen LogP contribution in [0.3, 0.4) is 0 Å². The lowest BCUT2D eigenvalue weighted by Crippen LogP contribution is -1.95. The lowest BCUT2D eigenvalue weighted by atomic mass is 10.3. The van der Waals surface area contributed by atoms with Crippen LogP contribution in [-0.4, -0.2) is 30.4 Å². The van der Waals surface area contributed by atoms with Gasteiger partial charge < -0.3 is 0 Å². The number of aromatic nitrogens is 6. The summed E-state index contributed by atoms with van der Waals surface area (Å²) in [6.07, 6.45) is 3.22. The molecule has 0 aliphatic rings. The van der Waals surface area contributed by atoms with Crippen LogP contribution in [0.2, 0.25) is 0 Å². The molecule has 0 aromatic carbocycles. The molecule has 0 saturated carbocycles. The van der Waals surface area contributed by atoms with Gasteiger partial charge >= 0.3 is 0 Å². The van der Waals surface area contributed by atoms with Crippen molar-refractivity contribution in [3.05, 3.63) is 18.5 Å². The molecule has 2 aromatic heterocycles. The van der Waals surface area contributed by atoms with Gasteiger partial charge in [0.25, 0.3) is 0 Å². The predicted octanol–water partition coefficient (Wildman–Crippen LogP) is -0.333. The Kier molecular flexibility index (Phi) is 1.51. The molecule has 0 atom stereocenters. The first-order valence-electron chi connectivity index (χ1n) is 3.37. The van der Waals surface area contributed by atoms with Crippen LogP contribution < -0.4 is 0 Å². The van der Waals surface area contributed by atoms with E-state index in [2.05, 4.69) is 25.7 Å². The largest absolute Gasteiger partial charge is 0.228 e. The van der Waals surface area contributed by atoms with Gasteiger partial charge in [-0.1, -0.05) is 0 Å². The van der Waals surface area contributed by atoms with E-state index in [1.807, 2.05) is 0 Å².